The molecule has 2 aromatic carbocycles. The largest absolute Gasteiger partial charge is 0.481 e. The summed E-state index contributed by atoms with van der Waals surface area (Å²) in [5.74, 6) is -0.322. The van der Waals surface area contributed by atoms with Gasteiger partial charge in [0.15, 0.2) is 5.82 Å². The van der Waals surface area contributed by atoms with Crippen molar-refractivity contribution in [2.75, 3.05) is 36.8 Å². The molecule has 0 spiro atoms. The third-order valence-electron chi connectivity index (χ3n) is 10.4. The number of nitrogens with zero attached hydrogens (tertiary/aromatic N) is 5. The Morgan fingerprint density at radius 3 is 2.33 bits per heavy atom. The van der Waals surface area contributed by atoms with Gasteiger partial charge in [-0.15, -0.1) is 0 Å². The minimum atomic E-state index is -0.716. The van der Waals surface area contributed by atoms with Gasteiger partial charge in [0.1, 0.15) is 5.52 Å². The summed E-state index contributed by atoms with van der Waals surface area (Å²) in [6, 6.07) is 19.0. The molecule has 0 amide bonds. The van der Waals surface area contributed by atoms with Gasteiger partial charge in [-0.1, -0.05) is 43.0 Å². The molecule has 7 rings (SSSR count). The lowest BCUT2D eigenvalue weighted by Gasteiger charge is -2.19. The maximum atomic E-state index is 11.4. The van der Waals surface area contributed by atoms with E-state index in [1.165, 1.54) is 18.4 Å². The van der Waals surface area contributed by atoms with Crippen LogP contribution in [0.25, 0.3) is 33.8 Å². The van der Waals surface area contributed by atoms with Crippen molar-refractivity contribution in [1.82, 2.24) is 24.8 Å². The van der Waals surface area contributed by atoms with E-state index < -0.39 is 5.97 Å². The van der Waals surface area contributed by atoms with Gasteiger partial charge in [-0.25, -0.2) is 4.98 Å². The summed E-state index contributed by atoms with van der Waals surface area (Å²) >= 11 is 0. The average molecular weight is 694 g/mol. The topological polar surface area (TPSA) is 107 Å². The van der Waals surface area contributed by atoms with Gasteiger partial charge < -0.3 is 15.7 Å². The number of pyridine rings is 3. The molecule has 5 aromatic rings. The smallest absolute Gasteiger partial charge is 0.307 e. The second-order valence-electron chi connectivity index (χ2n) is 14.1. The molecule has 1 unspecified atom stereocenters. The number of carboxylic acid groups (broad SMARTS) is 1. The van der Waals surface area contributed by atoms with E-state index in [0.29, 0.717) is 25.3 Å². The van der Waals surface area contributed by atoms with Gasteiger partial charge in [0.05, 0.1) is 17.3 Å². The maximum absolute atomic E-state index is 11.4. The first-order valence-electron chi connectivity index (χ1n) is 18.2. The van der Waals surface area contributed by atoms with Crippen molar-refractivity contribution in [3.05, 3.63) is 119 Å². The van der Waals surface area contributed by atoms with Crippen LogP contribution >= 0.6 is 0 Å². The number of rotatable bonds is 12. The number of aliphatic carboxylic acids is 1. The lowest BCUT2D eigenvalue weighted by Crippen LogP contribution is -2.22. The first-order valence-corrected chi connectivity index (χ1v) is 18.2. The minimum absolute atomic E-state index is 0.296. The van der Waals surface area contributed by atoms with Crippen LogP contribution in [-0.4, -0.2) is 62.0 Å². The highest BCUT2D eigenvalue weighted by Crippen LogP contribution is 2.36. The van der Waals surface area contributed by atoms with Crippen molar-refractivity contribution >= 4 is 45.8 Å². The number of carboxylic acids is 1. The number of fused-ring (bicyclic) bond motifs is 1. The van der Waals surface area contributed by atoms with E-state index in [0.717, 1.165) is 93.2 Å². The van der Waals surface area contributed by atoms with Crippen LogP contribution in [0.1, 0.15) is 59.7 Å². The number of hydrogen-bond donors (Lipinski definition) is 3. The molecule has 1 atom stereocenters. The Labute approximate surface area is 306 Å². The lowest BCUT2D eigenvalue weighted by atomic mass is 9.94. The molecule has 3 N–H and O–H groups in total. The summed E-state index contributed by atoms with van der Waals surface area (Å²) in [5.41, 5.74) is 12.2. The van der Waals surface area contributed by atoms with E-state index in [-0.39, 0.29) is 5.92 Å². The first kappa shape index (κ1) is 35.0. The molecule has 52 heavy (non-hydrogen) atoms. The third-order valence-corrected chi connectivity index (χ3v) is 10.4. The van der Waals surface area contributed by atoms with Gasteiger partial charge in [-0.05, 0) is 123 Å². The van der Waals surface area contributed by atoms with Gasteiger partial charge in [-0.2, -0.15) is 0 Å². The van der Waals surface area contributed by atoms with E-state index in [4.69, 9.17) is 9.97 Å². The highest BCUT2D eigenvalue weighted by Gasteiger charge is 2.28. The lowest BCUT2D eigenvalue weighted by molar-refractivity contribution is -0.141. The zero-order chi connectivity index (χ0) is 36.2. The van der Waals surface area contributed by atoms with Crippen molar-refractivity contribution in [3.8, 4) is 11.1 Å². The Kier molecular flexibility index (Phi) is 10.4. The fourth-order valence-corrected chi connectivity index (χ4v) is 7.57. The molecule has 2 aliphatic rings. The number of likely N-dealkylation sites (tertiary alicyclic amines) is 2. The van der Waals surface area contributed by atoms with Crippen molar-refractivity contribution in [2.24, 2.45) is 5.92 Å². The summed E-state index contributed by atoms with van der Waals surface area (Å²) in [7, 11) is 0. The van der Waals surface area contributed by atoms with Crippen LogP contribution in [0.2, 0.25) is 0 Å². The number of carbonyl (C=O) groups is 1. The number of hydrogen-bond acceptors (Lipinski definition) is 8. The van der Waals surface area contributed by atoms with Gasteiger partial charge in [0.25, 0.3) is 0 Å². The Bertz CT molecular complexity index is 2150. The molecule has 2 saturated heterocycles. The van der Waals surface area contributed by atoms with Crippen LogP contribution in [0, 0.1) is 19.8 Å². The van der Waals surface area contributed by atoms with E-state index in [1.54, 1.807) is 6.20 Å². The second-order valence-corrected chi connectivity index (χ2v) is 14.1. The van der Waals surface area contributed by atoms with E-state index in [2.05, 4.69) is 107 Å². The number of anilines is 3. The highest BCUT2D eigenvalue weighted by molar-refractivity contribution is 5.91. The molecule has 9 heteroatoms. The Hall–Kier alpha value is -5.38. The SMILES string of the molecule is C=C(Nc1cccc(-c2cccc(Nc3nccc4cc(CN5CCC(C(=O)O)C5)cnc34)c2C)c1C)c1ncc(CN2CCCC2)cc1/C=C\C. The molecule has 2 fully saturated rings. The molecule has 0 bridgehead atoms. The van der Waals surface area contributed by atoms with Crippen molar-refractivity contribution in [3.63, 3.8) is 0 Å². The van der Waals surface area contributed by atoms with Crippen LogP contribution in [0.4, 0.5) is 17.2 Å². The number of benzene rings is 2. The van der Waals surface area contributed by atoms with Gasteiger partial charge in [-0.3, -0.25) is 24.6 Å². The van der Waals surface area contributed by atoms with Crippen LogP contribution in [0.3, 0.4) is 0 Å². The number of aromatic nitrogens is 3. The first-order chi connectivity index (χ1) is 25.3. The summed E-state index contributed by atoms with van der Waals surface area (Å²) < 4.78 is 0. The van der Waals surface area contributed by atoms with Crippen LogP contribution in [-0.2, 0) is 17.9 Å². The van der Waals surface area contributed by atoms with E-state index in [9.17, 15) is 9.90 Å². The maximum Gasteiger partial charge on any atom is 0.307 e. The van der Waals surface area contributed by atoms with Gasteiger partial charge in [0.2, 0.25) is 0 Å². The Balaban J connectivity index is 1.09. The molecule has 3 aromatic heterocycles. The molecule has 2 aliphatic heterocycles. The quantitative estimate of drug-likeness (QED) is 0.118. The zero-order valence-corrected chi connectivity index (χ0v) is 30.3. The predicted molar refractivity (Wildman–Crippen MR) is 211 cm³/mol. The monoisotopic (exact) mass is 693 g/mol. The standard InChI is InChI=1S/C43H47N7O2/c1-5-10-33-21-31(25-49-18-6-7-19-49)23-45-40(33)30(4)47-38-13-8-11-36(28(38)2)37-12-9-14-39(29(37)3)48-42-41-34(15-17-44-42)22-32(24-46-41)26-50-20-16-35(27-50)43(51)52/h5,8-15,17,21-24,35,47H,4,6-7,16,18-20,25-27H2,1-3H3,(H,44,48)(H,51,52)/b10-5-. The molecule has 5 heterocycles. The third kappa shape index (κ3) is 7.61. The van der Waals surface area contributed by atoms with E-state index in [1.807, 2.05) is 25.4 Å². The minimum Gasteiger partial charge on any atom is -0.481 e. The average Bonchev–Trinajstić information content (AvgIpc) is 3.83. The molecule has 0 saturated carbocycles. The predicted octanol–water partition coefficient (Wildman–Crippen LogP) is 8.67. The van der Waals surface area contributed by atoms with Crippen LogP contribution in [0.15, 0.2) is 85.8 Å². The van der Waals surface area contributed by atoms with Gasteiger partial charge in [0, 0.05) is 60.5 Å². The molecule has 9 nitrogen and oxygen atoms in total. The van der Waals surface area contributed by atoms with E-state index >= 15 is 0 Å². The van der Waals surface area contributed by atoms with Gasteiger partial charge >= 0.3 is 5.97 Å². The molecular weight excluding hydrogens is 647 g/mol. The van der Waals surface area contributed by atoms with Crippen molar-refractivity contribution in [1.29, 1.82) is 0 Å². The zero-order valence-electron chi connectivity index (χ0n) is 30.3. The van der Waals surface area contributed by atoms with Crippen molar-refractivity contribution in [2.45, 2.75) is 53.1 Å². The summed E-state index contributed by atoms with van der Waals surface area (Å²) in [6.45, 7) is 16.0. The Morgan fingerprint density at radius 1 is 0.904 bits per heavy atom. The molecular formula is C43H47N7O2. The molecule has 0 radical (unpaired) electrons. The van der Waals surface area contributed by atoms with Crippen molar-refractivity contribution < 1.29 is 9.90 Å². The summed E-state index contributed by atoms with van der Waals surface area (Å²) in [5, 5.41) is 17.5. The number of nitrogens with one attached hydrogen (secondary N) is 2. The molecule has 266 valence electrons. The second kappa shape index (κ2) is 15.5. The number of allylic oxidation sites excluding steroid dienone is 1. The van der Waals surface area contributed by atoms with Crippen LogP contribution in [0.5, 0.6) is 0 Å². The fraction of sp³-hybridized carbons (Fsp3) is 0.302. The van der Waals surface area contributed by atoms with Crippen LogP contribution < -0.4 is 10.6 Å². The normalized spacial score (nSPS) is 16.6. The summed E-state index contributed by atoms with van der Waals surface area (Å²) in [6.07, 6.45) is 13.1. The molecule has 0 aliphatic carbocycles. The fourth-order valence-electron chi connectivity index (χ4n) is 7.57. The summed E-state index contributed by atoms with van der Waals surface area (Å²) in [4.78, 5) is 30.5. The highest BCUT2D eigenvalue weighted by atomic mass is 16.4. The Morgan fingerprint density at radius 2 is 1.60 bits per heavy atom.